The molecule has 11 rings (SSSR count). The number of hydrogen-bond acceptors (Lipinski definition) is 2. The molecule has 0 radical (unpaired) electrons. The average molecular weight is 730 g/mol. The van der Waals surface area contributed by atoms with Crippen LogP contribution < -0.4 is 4.90 Å². The molecule has 270 valence electrons. The van der Waals surface area contributed by atoms with Crippen LogP contribution in [-0.2, 0) is 5.41 Å². The fraction of sp³-hybridized carbons (Fsp3) is 0.0545. The van der Waals surface area contributed by atoms with Crippen LogP contribution in [0.15, 0.2) is 205 Å². The van der Waals surface area contributed by atoms with Crippen LogP contribution in [-0.4, -0.2) is 0 Å². The van der Waals surface area contributed by atoms with Crippen molar-refractivity contribution >= 4 is 49.8 Å². The number of benzene rings is 9. The van der Waals surface area contributed by atoms with Gasteiger partial charge in [0.05, 0.1) is 5.69 Å². The van der Waals surface area contributed by atoms with Crippen molar-refractivity contribution in [2.45, 2.75) is 19.3 Å². The first kappa shape index (κ1) is 33.2. The monoisotopic (exact) mass is 729 g/mol. The van der Waals surface area contributed by atoms with Crippen molar-refractivity contribution in [3.63, 3.8) is 0 Å². The number of anilines is 3. The van der Waals surface area contributed by atoms with Gasteiger partial charge in [0.2, 0.25) is 0 Å². The quantitative estimate of drug-likeness (QED) is 0.169. The molecule has 0 spiro atoms. The van der Waals surface area contributed by atoms with E-state index in [2.05, 4.69) is 207 Å². The van der Waals surface area contributed by atoms with Gasteiger partial charge in [0.25, 0.3) is 0 Å². The average Bonchev–Trinajstić information content (AvgIpc) is 3.74. The third-order valence-corrected chi connectivity index (χ3v) is 12.0. The molecule has 1 aliphatic rings. The van der Waals surface area contributed by atoms with Crippen molar-refractivity contribution in [3.8, 4) is 44.5 Å². The molecule has 1 heterocycles. The van der Waals surface area contributed by atoms with Gasteiger partial charge in [-0.15, -0.1) is 0 Å². The van der Waals surface area contributed by atoms with Gasteiger partial charge in [-0.25, -0.2) is 0 Å². The van der Waals surface area contributed by atoms with Crippen molar-refractivity contribution in [1.29, 1.82) is 0 Å². The lowest BCUT2D eigenvalue weighted by Crippen LogP contribution is -2.14. The van der Waals surface area contributed by atoms with Gasteiger partial charge in [-0.05, 0) is 122 Å². The molecule has 2 heteroatoms. The molecule has 0 saturated heterocycles. The van der Waals surface area contributed by atoms with Crippen molar-refractivity contribution in [3.05, 3.63) is 211 Å². The van der Waals surface area contributed by atoms with Crippen LogP contribution in [0.2, 0.25) is 0 Å². The van der Waals surface area contributed by atoms with E-state index in [1.54, 1.807) is 0 Å². The maximum Gasteiger partial charge on any atom is 0.135 e. The summed E-state index contributed by atoms with van der Waals surface area (Å²) >= 11 is 0. The molecule has 0 saturated carbocycles. The molecule has 10 aromatic rings. The summed E-state index contributed by atoms with van der Waals surface area (Å²) in [6.07, 6.45) is 0. The summed E-state index contributed by atoms with van der Waals surface area (Å²) < 4.78 is 6.33. The zero-order chi connectivity index (χ0) is 38.1. The Kier molecular flexibility index (Phi) is 7.55. The fourth-order valence-electron chi connectivity index (χ4n) is 9.22. The van der Waals surface area contributed by atoms with Crippen molar-refractivity contribution in [1.82, 2.24) is 0 Å². The third kappa shape index (κ3) is 5.40. The summed E-state index contributed by atoms with van der Waals surface area (Å²) in [6, 6.07) is 72.8. The molecule has 0 atom stereocenters. The topological polar surface area (TPSA) is 16.4 Å². The number of furan rings is 1. The first-order valence-corrected chi connectivity index (χ1v) is 19.8. The molecule has 9 aromatic carbocycles. The van der Waals surface area contributed by atoms with Gasteiger partial charge in [-0.3, -0.25) is 0 Å². The summed E-state index contributed by atoms with van der Waals surface area (Å²) in [6.45, 7) is 4.73. The van der Waals surface area contributed by atoms with E-state index in [1.165, 1.54) is 55.3 Å². The predicted molar refractivity (Wildman–Crippen MR) is 240 cm³/mol. The highest BCUT2D eigenvalue weighted by atomic mass is 16.3. The van der Waals surface area contributed by atoms with Gasteiger partial charge in [-0.2, -0.15) is 0 Å². The number of fused-ring (bicyclic) bond motifs is 7. The van der Waals surface area contributed by atoms with E-state index in [-0.39, 0.29) is 5.41 Å². The maximum absolute atomic E-state index is 6.33. The van der Waals surface area contributed by atoms with Gasteiger partial charge in [0, 0.05) is 33.1 Å². The van der Waals surface area contributed by atoms with E-state index in [0.29, 0.717) is 0 Å². The first-order valence-electron chi connectivity index (χ1n) is 19.8. The molecule has 0 bridgehead atoms. The fourth-order valence-corrected chi connectivity index (χ4v) is 9.22. The zero-order valence-corrected chi connectivity index (χ0v) is 31.9. The molecule has 2 nitrogen and oxygen atoms in total. The summed E-state index contributed by atoms with van der Waals surface area (Å²) in [5.74, 6) is 0. The molecular weight excluding hydrogens is 691 g/mol. The van der Waals surface area contributed by atoms with E-state index < -0.39 is 0 Å². The van der Waals surface area contributed by atoms with E-state index in [9.17, 15) is 0 Å². The minimum atomic E-state index is -0.103. The van der Waals surface area contributed by atoms with Crippen LogP contribution in [0.25, 0.3) is 77.2 Å². The standard InChI is InChI=1S/C55H39NO/c1-55(2)49-29-27-41(33-46(49)47-32-39-19-9-10-20-40(39)34-50(47)55)44-24-14-25-51(54(44)37-17-7-4-8-18-37)56(42-22-13-21-38(31-42)36-15-5-3-6-16-36)43-28-30-53-48(35-43)45-23-11-12-26-52(45)57-53/h3-35H,1-2H3. The lowest BCUT2D eigenvalue weighted by molar-refractivity contribution is 0.661. The van der Waals surface area contributed by atoms with E-state index in [4.69, 9.17) is 4.42 Å². The normalized spacial score (nSPS) is 12.9. The Morgan fingerprint density at radius 2 is 1.04 bits per heavy atom. The van der Waals surface area contributed by atoms with Crippen molar-refractivity contribution in [2.24, 2.45) is 0 Å². The Hall–Kier alpha value is -7.16. The molecule has 0 N–H and O–H groups in total. The van der Waals surface area contributed by atoms with Crippen LogP contribution in [0.5, 0.6) is 0 Å². The van der Waals surface area contributed by atoms with Gasteiger partial charge < -0.3 is 9.32 Å². The molecule has 1 aliphatic carbocycles. The number of para-hydroxylation sites is 1. The smallest absolute Gasteiger partial charge is 0.135 e. The first-order chi connectivity index (χ1) is 28.0. The second-order valence-electron chi connectivity index (χ2n) is 15.7. The largest absolute Gasteiger partial charge is 0.456 e. The SMILES string of the molecule is CC1(C)c2ccc(-c3cccc(N(c4cccc(-c5ccccc5)c4)c4ccc5oc6ccccc6c5c4)c3-c3ccccc3)cc2-c2cc3ccccc3cc21. The molecule has 0 unspecified atom stereocenters. The van der Waals surface area contributed by atoms with Gasteiger partial charge in [0.1, 0.15) is 11.2 Å². The molecule has 1 aromatic heterocycles. The van der Waals surface area contributed by atoms with E-state index in [0.717, 1.165) is 50.1 Å². The van der Waals surface area contributed by atoms with E-state index in [1.807, 2.05) is 12.1 Å². The second kappa shape index (κ2) is 13.0. The molecular formula is C55H39NO. The highest BCUT2D eigenvalue weighted by Crippen LogP contribution is 2.52. The summed E-state index contributed by atoms with van der Waals surface area (Å²) in [5, 5.41) is 4.76. The van der Waals surface area contributed by atoms with Gasteiger partial charge in [0.15, 0.2) is 0 Å². The molecule has 0 fully saturated rings. The summed E-state index contributed by atoms with van der Waals surface area (Å²) in [7, 11) is 0. The Balaban J connectivity index is 1.16. The van der Waals surface area contributed by atoms with Crippen LogP contribution in [0, 0.1) is 0 Å². The number of nitrogens with zero attached hydrogens (tertiary/aromatic N) is 1. The molecule has 0 aliphatic heterocycles. The van der Waals surface area contributed by atoms with Crippen molar-refractivity contribution in [2.75, 3.05) is 4.90 Å². The number of rotatable bonds is 6. The van der Waals surface area contributed by atoms with E-state index >= 15 is 0 Å². The van der Waals surface area contributed by atoms with Crippen molar-refractivity contribution < 1.29 is 4.42 Å². The molecule has 0 amide bonds. The summed E-state index contributed by atoms with van der Waals surface area (Å²) in [5.41, 5.74) is 17.4. The minimum Gasteiger partial charge on any atom is -0.456 e. The van der Waals surface area contributed by atoms with Crippen LogP contribution in [0.3, 0.4) is 0 Å². The molecule has 57 heavy (non-hydrogen) atoms. The minimum absolute atomic E-state index is 0.103. The van der Waals surface area contributed by atoms with Crippen LogP contribution >= 0.6 is 0 Å². The Bertz CT molecular complexity index is 3150. The second-order valence-corrected chi connectivity index (χ2v) is 15.7. The number of hydrogen-bond donors (Lipinski definition) is 0. The highest BCUT2D eigenvalue weighted by molar-refractivity contribution is 6.07. The third-order valence-electron chi connectivity index (χ3n) is 12.0. The van der Waals surface area contributed by atoms with Gasteiger partial charge >= 0.3 is 0 Å². The van der Waals surface area contributed by atoms with Gasteiger partial charge in [-0.1, -0.05) is 153 Å². The predicted octanol–water partition coefficient (Wildman–Crippen LogP) is 15.5. The maximum atomic E-state index is 6.33. The zero-order valence-electron chi connectivity index (χ0n) is 31.9. The Morgan fingerprint density at radius 3 is 1.86 bits per heavy atom. The Labute approximate surface area is 332 Å². The van der Waals surface area contributed by atoms with Crippen LogP contribution in [0.4, 0.5) is 17.1 Å². The highest BCUT2D eigenvalue weighted by Gasteiger charge is 2.36. The Morgan fingerprint density at radius 1 is 0.386 bits per heavy atom. The van der Waals surface area contributed by atoms with Crippen LogP contribution in [0.1, 0.15) is 25.0 Å². The summed E-state index contributed by atoms with van der Waals surface area (Å²) in [4.78, 5) is 2.43. The lowest BCUT2D eigenvalue weighted by Gasteiger charge is -2.30. The lowest BCUT2D eigenvalue weighted by atomic mass is 9.81.